The molecule has 0 aliphatic carbocycles. The fourth-order valence-corrected chi connectivity index (χ4v) is 3.45. The average molecular weight is 334 g/mol. The quantitative estimate of drug-likeness (QED) is 0.815. The molecule has 0 spiro atoms. The summed E-state index contributed by atoms with van der Waals surface area (Å²) in [4.78, 5) is 17.0. The van der Waals surface area contributed by atoms with E-state index in [1.165, 1.54) is 0 Å². The molecule has 1 aromatic carbocycles. The Morgan fingerprint density at radius 3 is 2.54 bits per heavy atom. The van der Waals surface area contributed by atoms with Crippen LogP contribution in [0.25, 0.3) is 0 Å². The van der Waals surface area contributed by atoms with Crippen molar-refractivity contribution in [1.82, 2.24) is 4.90 Å². The maximum Gasteiger partial charge on any atom is 0.254 e. The molecule has 2 fully saturated rings. The largest absolute Gasteiger partial charge is 0.383 e. The van der Waals surface area contributed by atoms with E-state index in [2.05, 4.69) is 4.90 Å². The van der Waals surface area contributed by atoms with Crippen molar-refractivity contribution in [2.24, 2.45) is 0 Å². The lowest BCUT2D eigenvalue weighted by atomic mass is 10.1. The molecule has 24 heavy (non-hydrogen) atoms. The number of hydrogen-bond acceptors (Lipinski definition) is 5. The number of rotatable bonds is 5. The van der Waals surface area contributed by atoms with E-state index < -0.39 is 0 Å². The Balaban J connectivity index is 1.69. The van der Waals surface area contributed by atoms with Gasteiger partial charge >= 0.3 is 0 Å². The molecule has 2 heterocycles. The van der Waals surface area contributed by atoms with Gasteiger partial charge in [0.05, 0.1) is 32.0 Å². The molecular weight excluding hydrogens is 308 g/mol. The summed E-state index contributed by atoms with van der Waals surface area (Å²) in [5, 5.41) is 0. The van der Waals surface area contributed by atoms with Gasteiger partial charge in [-0.05, 0) is 30.7 Å². The first kappa shape index (κ1) is 17.2. The van der Waals surface area contributed by atoms with E-state index in [-0.39, 0.29) is 18.1 Å². The van der Waals surface area contributed by atoms with Crippen LogP contribution in [0.15, 0.2) is 24.3 Å². The number of carbonyl (C=O) groups excluding carboxylic acids is 1. The summed E-state index contributed by atoms with van der Waals surface area (Å²) in [6.45, 7) is 4.46. The topological polar surface area (TPSA) is 51.2 Å². The Morgan fingerprint density at radius 2 is 1.92 bits per heavy atom. The molecule has 2 atom stereocenters. The number of benzene rings is 1. The van der Waals surface area contributed by atoms with Crippen molar-refractivity contribution in [3.05, 3.63) is 29.8 Å². The van der Waals surface area contributed by atoms with Gasteiger partial charge in [-0.1, -0.05) is 0 Å². The normalized spacial score (nSPS) is 24.4. The van der Waals surface area contributed by atoms with Crippen LogP contribution in [0.5, 0.6) is 0 Å². The molecule has 132 valence electrons. The highest BCUT2D eigenvalue weighted by Gasteiger charge is 2.35. The van der Waals surface area contributed by atoms with Gasteiger partial charge in [0.1, 0.15) is 0 Å². The van der Waals surface area contributed by atoms with Crippen LogP contribution < -0.4 is 4.90 Å². The molecule has 3 rings (SSSR count). The molecule has 1 amide bonds. The second-order valence-corrected chi connectivity index (χ2v) is 6.31. The summed E-state index contributed by atoms with van der Waals surface area (Å²) in [7, 11) is 3.36. The first-order valence-corrected chi connectivity index (χ1v) is 8.48. The Hall–Kier alpha value is -1.63. The molecule has 2 saturated heterocycles. The van der Waals surface area contributed by atoms with Gasteiger partial charge in [-0.25, -0.2) is 0 Å². The zero-order valence-electron chi connectivity index (χ0n) is 14.4. The first-order chi connectivity index (χ1) is 11.7. The second-order valence-electron chi connectivity index (χ2n) is 6.31. The summed E-state index contributed by atoms with van der Waals surface area (Å²) in [6, 6.07) is 7.95. The molecule has 0 aromatic heterocycles. The predicted molar refractivity (Wildman–Crippen MR) is 91.6 cm³/mol. The van der Waals surface area contributed by atoms with E-state index in [1.807, 2.05) is 29.2 Å². The number of morpholine rings is 1. The molecule has 2 aliphatic rings. The summed E-state index contributed by atoms with van der Waals surface area (Å²) < 4.78 is 16.1. The van der Waals surface area contributed by atoms with Gasteiger partial charge in [-0.3, -0.25) is 4.79 Å². The summed E-state index contributed by atoms with van der Waals surface area (Å²) in [5.74, 6) is 0.0464. The third kappa shape index (κ3) is 3.71. The molecule has 6 nitrogen and oxygen atoms in total. The highest BCUT2D eigenvalue weighted by molar-refractivity contribution is 5.95. The number of anilines is 1. The van der Waals surface area contributed by atoms with Gasteiger partial charge in [0.2, 0.25) is 0 Å². The average Bonchev–Trinajstić information content (AvgIpc) is 3.05. The van der Waals surface area contributed by atoms with Crippen molar-refractivity contribution >= 4 is 11.6 Å². The lowest BCUT2D eigenvalue weighted by Gasteiger charge is -2.29. The predicted octanol–water partition coefficient (Wildman–Crippen LogP) is 1.40. The number of hydrogen-bond donors (Lipinski definition) is 0. The minimum absolute atomic E-state index is 0.0464. The van der Waals surface area contributed by atoms with Crippen molar-refractivity contribution < 1.29 is 19.0 Å². The fourth-order valence-electron chi connectivity index (χ4n) is 3.45. The van der Waals surface area contributed by atoms with E-state index in [0.717, 1.165) is 38.4 Å². The van der Waals surface area contributed by atoms with Crippen LogP contribution in [0, 0.1) is 0 Å². The maximum atomic E-state index is 12.9. The molecule has 2 aliphatic heterocycles. The maximum absolute atomic E-state index is 12.9. The zero-order chi connectivity index (χ0) is 16.9. The number of amides is 1. The van der Waals surface area contributed by atoms with Gasteiger partial charge in [-0.2, -0.15) is 0 Å². The molecule has 0 N–H and O–H groups in total. The highest BCUT2D eigenvalue weighted by Crippen LogP contribution is 2.24. The van der Waals surface area contributed by atoms with Gasteiger partial charge in [0.25, 0.3) is 5.91 Å². The molecular formula is C18H26N2O4. The van der Waals surface area contributed by atoms with Crippen LogP contribution in [0.3, 0.4) is 0 Å². The number of likely N-dealkylation sites (tertiary alicyclic amines) is 1. The summed E-state index contributed by atoms with van der Waals surface area (Å²) in [6.07, 6.45) is 0.906. The lowest BCUT2D eigenvalue weighted by molar-refractivity contribution is 0.0612. The number of ether oxygens (including phenoxy) is 3. The number of nitrogens with zero attached hydrogens (tertiary/aromatic N) is 2. The lowest BCUT2D eigenvalue weighted by Crippen LogP contribution is -2.38. The molecule has 6 heteroatoms. The van der Waals surface area contributed by atoms with Crippen LogP contribution >= 0.6 is 0 Å². The second kappa shape index (κ2) is 7.96. The number of methoxy groups -OCH3 is 2. The van der Waals surface area contributed by atoms with E-state index in [1.54, 1.807) is 14.2 Å². The van der Waals surface area contributed by atoms with E-state index >= 15 is 0 Å². The van der Waals surface area contributed by atoms with Gasteiger partial charge < -0.3 is 24.0 Å². The SMILES string of the molecule is COC[C@@H]1C[C@H](OC)CN1C(=O)c1ccc(N2CCOCC2)cc1. The molecule has 0 unspecified atom stereocenters. The van der Waals surface area contributed by atoms with Gasteiger partial charge in [-0.15, -0.1) is 0 Å². The van der Waals surface area contributed by atoms with Crippen molar-refractivity contribution in [2.75, 3.05) is 58.6 Å². The fraction of sp³-hybridized carbons (Fsp3) is 0.611. The third-order valence-electron chi connectivity index (χ3n) is 4.82. The summed E-state index contributed by atoms with van der Waals surface area (Å²) in [5.41, 5.74) is 1.85. The standard InChI is InChI=1S/C18H26N2O4/c1-22-13-16-11-17(23-2)12-20(16)18(21)14-3-5-15(6-4-14)19-7-9-24-10-8-19/h3-6,16-17H,7-13H2,1-2H3/t16-,17-/m0/s1. The van der Waals surface area contributed by atoms with Crippen LogP contribution in [0.2, 0.25) is 0 Å². The van der Waals surface area contributed by atoms with Crippen molar-refractivity contribution in [1.29, 1.82) is 0 Å². The highest BCUT2D eigenvalue weighted by atomic mass is 16.5. The van der Waals surface area contributed by atoms with Crippen LogP contribution in [0.4, 0.5) is 5.69 Å². The Bertz CT molecular complexity index is 542. The minimum Gasteiger partial charge on any atom is -0.383 e. The van der Waals surface area contributed by atoms with Crippen molar-refractivity contribution in [3.63, 3.8) is 0 Å². The van der Waals surface area contributed by atoms with Crippen LogP contribution in [-0.2, 0) is 14.2 Å². The molecule has 0 radical (unpaired) electrons. The van der Waals surface area contributed by atoms with Gasteiger partial charge in [0, 0.05) is 45.1 Å². The smallest absolute Gasteiger partial charge is 0.254 e. The third-order valence-corrected chi connectivity index (χ3v) is 4.82. The molecule has 0 saturated carbocycles. The Morgan fingerprint density at radius 1 is 1.21 bits per heavy atom. The Labute approximate surface area is 143 Å². The van der Waals surface area contributed by atoms with Crippen LogP contribution in [0.1, 0.15) is 16.8 Å². The van der Waals surface area contributed by atoms with Crippen molar-refractivity contribution in [3.8, 4) is 0 Å². The number of carbonyl (C=O) groups is 1. The van der Waals surface area contributed by atoms with E-state index in [4.69, 9.17) is 14.2 Å². The Kier molecular flexibility index (Phi) is 5.71. The van der Waals surface area contributed by atoms with E-state index in [0.29, 0.717) is 18.7 Å². The van der Waals surface area contributed by atoms with E-state index in [9.17, 15) is 4.79 Å². The molecule has 1 aromatic rings. The minimum atomic E-state index is 0.0464. The zero-order valence-corrected chi connectivity index (χ0v) is 14.4. The molecule has 0 bridgehead atoms. The van der Waals surface area contributed by atoms with Gasteiger partial charge in [0.15, 0.2) is 0 Å². The summed E-state index contributed by atoms with van der Waals surface area (Å²) >= 11 is 0. The van der Waals surface area contributed by atoms with Crippen molar-refractivity contribution in [2.45, 2.75) is 18.6 Å². The van der Waals surface area contributed by atoms with Crippen LogP contribution in [-0.4, -0.2) is 76.6 Å². The monoisotopic (exact) mass is 334 g/mol. The first-order valence-electron chi connectivity index (χ1n) is 8.48.